The number of hydrogen-bond donors (Lipinski definition) is 1. The normalized spacial score (nSPS) is 11.2. The van der Waals surface area contributed by atoms with Crippen LogP contribution in [0.2, 0.25) is 10.0 Å². The summed E-state index contributed by atoms with van der Waals surface area (Å²) < 4.78 is 1.28. The SMILES string of the molecule is CCc1nc2c(-c3ccc(Cl)cc3Cl)nn(C)c(=O)c2[nH]1. The van der Waals surface area contributed by atoms with Gasteiger partial charge in [0.15, 0.2) is 0 Å². The lowest BCUT2D eigenvalue weighted by molar-refractivity contribution is 0.721. The van der Waals surface area contributed by atoms with Gasteiger partial charge in [0.25, 0.3) is 5.56 Å². The van der Waals surface area contributed by atoms with E-state index in [1.807, 2.05) is 6.92 Å². The van der Waals surface area contributed by atoms with E-state index in [1.165, 1.54) is 4.68 Å². The molecular weight excluding hydrogens is 311 g/mol. The summed E-state index contributed by atoms with van der Waals surface area (Å²) >= 11 is 12.2. The molecule has 0 saturated heterocycles. The maximum absolute atomic E-state index is 12.2. The Kier molecular flexibility index (Phi) is 3.47. The van der Waals surface area contributed by atoms with Gasteiger partial charge in [-0.05, 0) is 18.2 Å². The summed E-state index contributed by atoms with van der Waals surface area (Å²) in [7, 11) is 1.60. The van der Waals surface area contributed by atoms with E-state index in [2.05, 4.69) is 15.1 Å². The number of aromatic nitrogens is 4. The molecule has 0 unspecified atom stereocenters. The van der Waals surface area contributed by atoms with E-state index >= 15 is 0 Å². The Balaban J connectivity index is 2.39. The topological polar surface area (TPSA) is 63.6 Å². The summed E-state index contributed by atoms with van der Waals surface area (Å²) in [5.41, 5.74) is 2.00. The van der Waals surface area contributed by atoms with Crippen LogP contribution in [0, 0.1) is 0 Å². The molecule has 1 N–H and O–H groups in total. The Labute approximate surface area is 130 Å². The van der Waals surface area contributed by atoms with Crippen LogP contribution in [0.15, 0.2) is 23.0 Å². The second-order valence-corrected chi connectivity index (χ2v) is 5.51. The second kappa shape index (κ2) is 5.16. The van der Waals surface area contributed by atoms with Crippen molar-refractivity contribution in [2.45, 2.75) is 13.3 Å². The van der Waals surface area contributed by atoms with E-state index in [9.17, 15) is 4.79 Å². The zero-order valence-electron chi connectivity index (χ0n) is 11.4. The van der Waals surface area contributed by atoms with Gasteiger partial charge in [0.1, 0.15) is 22.6 Å². The molecule has 2 aromatic heterocycles. The van der Waals surface area contributed by atoms with Crippen molar-refractivity contribution in [3.63, 3.8) is 0 Å². The number of imidazole rings is 1. The zero-order chi connectivity index (χ0) is 15.1. The lowest BCUT2D eigenvalue weighted by atomic mass is 10.1. The maximum Gasteiger partial charge on any atom is 0.292 e. The number of fused-ring (bicyclic) bond motifs is 1. The van der Waals surface area contributed by atoms with Crippen LogP contribution in [0.3, 0.4) is 0 Å². The van der Waals surface area contributed by atoms with Crippen LogP contribution in [-0.2, 0) is 13.5 Å². The van der Waals surface area contributed by atoms with E-state index in [1.54, 1.807) is 25.2 Å². The van der Waals surface area contributed by atoms with Crippen molar-refractivity contribution in [1.29, 1.82) is 0 Å². The van der Waals surface area contributed by atoms with Gasteiger partial charge in [-0.2, -0.15) is 5.10 Å². The Bertz CT molecular complexity index is 898. The van der Waals surface area contributed by atoms with Crippen molar-refractivity contribution in [3.05, 3.63) is 44.4 Å². The highest BCUT2D eigenvalue weighted by atomic mass is 35.5. The largest absolute Gasteiger partial charge is 0.337 e. The molecule has 0 aliphatic rings. The summed E-state index contributed by atoms with van der Waals surface area (Å²) in [6.07, 6.45) is 0.700. The fourth-order valence-corrected chi connectivity index (χ4v) is 2.68. The van der Waals surface area contributed by atoms with Crippen molar-refractivity contribution in [2.75, 3.05) is 0 Å². The first-order valence-electron chi connectivity index (χ1n) is 6.42. The number of benzene rings is 1. The van der Waals surface area contributed by atoms with E-state index in [0.29, 0.717) is 38.8 Å². The fraction of sp³-hybridized carbons (Fsp3) is 0.214. The molecule has 0 spiro atoms. The number of halogens is 2. The molecule has 0 atom stereocenters. The lowest BCUT2D eigenvalue weighted by Gasteiger charge is -2.06. The van der Waals surface area contributed by atoms with Crippen LogP contribution in [0.25, 0.3) is 22.3 Å². The minimum absolute atomic E-state index is 0.217. The molecule has 7 heteroatoms. The third-order valence-corrected chi connectivity index (χ3v) is 3.80. The average Bonchev–Trinajstić information content (AvgIpc) is 2.88. The van der Waals surface area contributed by atoms with Gasteiger partial charge in [0.05, 0.1) is 5.02 Å². The quantitative estimate of drug-likeness (QED) is 0.788. The van der Waals surface area contributed by atoms with Crippen molar-refractivity contribution >= 4 is 34.2 Å². The van der Waals surface area contributed by atoms with Gasteiger partial charge in [-0.15, -0.1) is 0 Å². The van der Waals surface area contributed by atoms with Crippen LogP contribution in [0.5, 0.6) is 0 Å². The van der Waals surface area contributed by atoms with Crippen molar-refractivity contribution in [2.24, 2.45) is 7.05 Å². The van der Waals surface area contributed by atoms with Crippen molar-refractivity contribution in [3.8, 4) is 11.3 Å². The maximum atomic E-state index is 12.2. The third-order valence-electron chi connectivity index (χ3n) is 3.26. The van der Waals surface area contributed by atoms with Gasteiger partial charge in [0, 0.05) is 24.1 Å². The molecule has 108 valence electrons. The van der Waals surface area contributed by atoms with Crippen molar-refractivity contribution < 1.29 is 0 Å². The predicted molar refractivity (Wildman–Crippen MR) is 84.0 cm³/mol. The Morgan fingerprint density at radius 1 is 1.33 bits per heavy atom. The van der Waals surface area contributed by atoms with Gasteiger partial charge >= 0.3 is 0 Å². The molecule has 0 amide bonds. The lowest BCUT2D eigenvalue weighted by Crippen LogP contribution is -2.20. The van der Waals surface area contributed by atoms with Crippen LogP contribution < -0.4 is 5.56 Å². The highest BCUT2D eigenvalue weighted by Crippen LogP contribution is 2.31. The van der Waals surface area contributed by atoms with Gasteiger partial charge < -0.3 is 4.98 Å². The van der Waals surface area contributed by atoms with Crippen LogP contribution in [0.4, 0.5) is 0 Å². The molecule has 0 aliphatic heterocycles. The molecule has 0 saturated carbocycles. The molecule has 21 heavy (non-hydrogen) atoms. The molecule has 3 rings (SSSR count). The number of nitrogens with one attached hydrogen (secondary N) is 1. The van der Waals surface area contributed by atoms with Gasteiger partial charge in [0.2, 0.25) is 0 Å². The summed E-state index contributed by atoms with van der Waals surface area (Å²) in [5, 5.41) is 5.31. The molecule has 2 heterocycles. The highest BCUT2D eigenvalue weighted by molar-refractivity contribution is 6.36. The van der Waals surface area contributed by atoms with Crippen LogP contribution >= 0.6 is 23.2 Å². The van der Waals surface area contributed by atoms with Gasteiger partial charge in [-0.25, -0.2) is 9.67 Å². The number of aryl methyl sites for hydroxylation is 2. The monoisotopic (exact) mass is 322 g/mol. The van der Waals surface area contributed by atoms with Crippen LogP contribution in [-0.4, -0.2) is 19.7 Å². The molecular formula is C14H12Cl2N4O. The Hall–Kier alpha value is -1.85. The Morgan fingerprint density at radius 2 is 2.10 bits per heavy atom. The second-order valence-electron chi connectivity index (χ2n) is 4.66. The first-order chi connectivity index (χ1) is 10.0. The smallest absolute Gasteiger partial charge is 0.292 e. The molecule has 0 radical (unpaired) electrons. The fourth-order valence-electron chi connectivity index (χ4n) is 2.18. The summed E-state index contributed by atoms with van der Waals surface area (Å²) in [6, 6.07) is 5.15. The number of hydrogen-bond acceptors (Lipinski definition) is 3. The minimum Gasteiger partial charge on any atom is -0.337 e. The third kappa shape index (κ3) is 2.32. The van der Waals surface area contributed by atoms with Crippen LogP contribution in [0.1, 0.15) is 12.7 Å². The molecule has 0 fully saturated rings. The summed E-state index contributed by atoms with van der Waals surface area (Å²) in [4.78, 5) is 19.6. The zero-order valence-corrected chi connectivity index (χ0v) is 13.0. The number of aromatic amines is 1. The van der Waals surface area contributed by atoms with Crippen molar-refractivity contribution in [1.82, 2.24) is 19.7 Å². The highest BCUT2D eigenvalue weighted by Gasteiger charge is 2.17. The molecule has 0 aliphatic carbocycles. The first-order valence-corrected chi connectivity index (χ1v) is 7.18. The number of H-pyrrole nitrogens is 1. The van der Waals surface area contributed by atoms with E-state index < -0.39 is 0 Å². The number of rotatable bonds is 2. The molecule has 0 bridgehead atoms. The molecule has 1 aromatic carbocycles. The predicted octanol–water partition coefficient (Wildman–Crippen LogP) is 3.19. The van der Waals surface area contributed by atoms with Gasteiger partial charge in [-0.3, -0.25) is 4.79 Å². The minimum atomic E-state index is -0.217. The Morgan fingerprint density at radius 3 is 2.76 bits per heavy atom. The first kappa shape index (κ1) is 14.1. The molecule has 5 nitrogen and oxygen atoms in total. The average molecular weight is 323 g/mol. The summed E-state index contributed by atoms with van der Waals surface area (Å²) in [6.45, 7) is 1.96. The van der Waals surface area contributed by atoms with E-state index in [4.69, 9.17) is 23.2 Å². The van der Waals surface area contributed by atoms with Gasteiger partial charge in [-0.1, -0.05) is 30.1 Å². The van der Waals surface area contributed by atoms with E-state index in [-0.39, 0.29) is 5.56 Å². The van der Waals surface area contributed by atoms with E-state index in [0.717, 1.165) is 5.82 Å². The summed E-state index contributed by atoms with van der Waals surface area (Å²) in [5.74, 6) is 0.737. The number of nitrogens with zero attached hydrogens (tertiary/aromatic N) is 3. The standard InChI is InChI=1S/C14H12Cl2N4O/c1-3-10-17-12-11(8-5-4-7(15)6-9(8)16)19-20(2)14(21)13(12)18-10/h4-6H,3H2,1-2H3,(H,17,18). The molecule has 3 aromatic rings.